The van der Waals surface area contributed by atoms with Gasteiger partial charge in [0.1, 0.15) is 18.6 Å². The Kier molecular flexibility index (Phi) is 7.69. The Morgan fingerprint density at radius 2 is 1.80 bits per heavy atom. The van der Waals surface area contributed by atoms with Crippen LogP contribution in [0, 0.1) is 0 Å². The smallest absolute Gasteiger partial charge is 0.318 e. The zero-order chi connectivity index (χ0) is 25.5. The van der Waals surface area contributed by atoms with Gasteiger partial charge in [-0.25, -0.2) is 4.39 Å². The Labute approximate surface area is 253 Å². The molecule has 0 amide bonds. The molecule has 1 N–H and O–H groups in total. The van der Waals surface area contributed by atoms with Gasteiger partial charge >= 0.3 is 6.01 Å². The molecule has 1 aromatic carbocycles. The summed E-state index contributed by atoms with van der Waals surface area (Å²) in [6, 6.07) is 7.97. The number of rotatable bonds is 4. The predicted molar refractivity (Wildman–Crippen MR) is 161 cm³/mol. The predicted octanol–water partition coefficient (Wildman–Crippen LogP) is 5.24. The summed E-state index contributed by atoms with van der Waals surface area (Å²) in [5.74, 6) is 1.08. The quantitative estimate of drug-likeness (QED) is 0.511. The van der Waals surface area contributed by atoms with E-state index < -0.39 is 6.17 Å². The number of hydrogen-bond donors (Lipinski definition) is 1. The first kappa shape index (κ1) is 28.7. The lowest BCUT2D eigenvalue weighted by Gasteiger charge is -2.39. The fourth-order valence-corrected chi connectivity index (χ4v) is 9.14. The number of anilines is 1. The van der Waals surface area contributed by atoms with Crippen LogP contribution in [0.4, 0.5) is 10.2 Å². The van der Waals surface area contributed by atoms with Crippen LogP contribution in [-0.4, -0.2) is 71.4 Å². The summed E-state index contributed by atoms with van der Waals surface area (Å²) < 4.78 is 20.9. The minimum absolute atomic E-state index is 0. The zero-order valence-corrected chi connectivity index (χ0v) is 25.2. The minimum Gasteiger partial charge on any atom is -0.461 e. The molecule has 1 aromatic heterocycles. The van der Waals surface area contributed by atoms with E-state index in [1.807, 2.05) is 6.07 Å². The molecule has 10 heteroatoms. The maximum atomic E-state index is 14.4. The highest BCUT2D eigenvalue weighted by molar-refractivity contribution is 6.31. The van der Waals surface area contributed by atoms with Crippen LogP contribution in [0.25, 0.3) is 0 Å². The first-order chi connectivity index (χ1) is 18.5. The molecule has 8 rings (SSSR count). The number of nitrogens with one attached hydrogen (secondary N) is 1. The van der Waals surface area contributed by atoms with Gasteiger partial charge in [0.05, 0.1) is 11.2 Å². The molecule has 5 heterocycles. The van der Waals surface area contributed by atoms with Gasteiger partial charge in [-0.2, -0.15) is 9.97 Å². The average Bonchev–Trinajstić information content (AvgIpc) is 3.64. The number of nitrogens with zero attached hydrogens (tertiary/aromatic N) is 4. The molecule has 0 saturated carbocycles. The molecule has 5 atom stereocenters. The summed E-state index contributed by atoms with van der Waals surface area (Å²) >= 11 is 6.63. The van der Waals surface area contributed by atoms with Crippen molar-refractivity contribution in [3.8, 4) is 6.01 Å². The third kappa shape index (κ3) is 4.59. The van der Waals surface area contributed by atoms with E-state index in [0.717, 1.165) is 81.1 Å². The Morgan fingerprint density at radius 1 is 1.02 bits per heavy atom. The van der Waals surface area contributed by atoms with Crippen LogP contribution < -0.4 is 15.0 Å². The van der Waals surface area contributed by atoms with E-state index in [4.69, 9.17) is 26.3 Å². The van der Waals surface area contributed by atoms with Gasteiger partial charge in [0, 0.05) is 54.1 Å². The second-order valence-electron chi connectivity index (χ2n) is 12.9. The molecular weight excluding hydrogens is 572 g/mol. The molecular formula is C30H39Cl3FN5O. The van der Waals surface area contributed by atoms with E-state index in [0.29, 0.717) is 37.7 Å². The van der Waals surface area contributed by atoms with Gasteiger partial charge in [0.25, 0.3) is 0 Å². The normalized spacial score (nSPS) is 33.8. The third-order valence-electron chi connectivity index (χ3n) is 10.7. The van der Waals surface area contributed by atoms with Gasteiger partial charge in [-0.1, -0.05) is 23.7 Å². The highest BCUT2D eigenvalue weighted by Crippen LogP contribution is 2.50. The summed E-state index contributed by atoms with van der Waals surface area (Å²) in [7, 11) is 0. The Hall–Kier alpha value is -1.38. The van der Waals surface area contributed by atoms with Crippen LogP contribution in [-0.2, 0) is 24.7 Å². The first-order valence-electron chi connectivity index (χ1n) is 14.7. The van der Waals surface area contributed by atoms with E-state index in [9.17, 15) is 4.39 Å². The van der Waals surface area contributed by atoms with Crippen molar-refractivity contribution in [1.82, 2.24) is 20.2 Å². The van der Waals surface area contributed by atoms with E-state index in [1.165, 1.54) is 29.5 Å². The molecule has 4 fully saturated rings. The third-order valence-corrected chi connectivity index (χ3v) is 11.1. The van der Waals surface area contributed by atoms with Gasteiger partial charge < -0.3 is 15.0 Å². The highest BCUT2D eigenvalue weighted by atomic mass is 35.5. The van der Waals surface area contributed by atoms with Crippen molar-refractivity contribution in [3.63, 3.8) is 0 Å². The summed E-state index contributed by atoms with van der Waals surface area (Å²) in [5.41, 5.74) is 5.08. The molecule has 2 aromatic rings. The van der Waals surface area contributed by atoms with Gasteiger partial charge in [-0.3, -0.25) is 4.90 Å². The van der Waals surface area contributed by atoms with Crippen molar-refractivity contribution in [2.24, 2.45) is 0 Å². The van der Waals surface area contributed by atoms with Crippen LogP contribution >= 0.6 is 36.4 Å². The molecule has 4 aliphatic heterocycles. The summed E-state index contributed by atoms with van der Waals surface area (Å²) in [6.07, 6.45) is 9.54. The summed E-state index contributed by atoms with van der Waals surface area (Å²) in [6.45, 7) is 3.96. The lowest BCUT2D eigenvalue weighted by atomic mass is 9.69. The number of halogens is 4. The largest absolute Gasteiger partial charge is 0.461 e. The second-order valence-corrected chi connectivity index (χ2v) is 13.3. The Morgan fingerprint density at radius 3 is 2.60 bits per heavy atom. The van der Waals surface area contributed by atoms with E-state index >= 15 is 0 Å². The van der Waals surface area contributed by atoms with Crippen LogP contribution in [0.5, 0.6) is 6.01 Å². The summed E-state index contributed by atoms with van der Waals surface area (Å²) in [5, 5.41) is 4.66. The molecule has 2 aliphatic carbocycles. The molecule has 6 aliphatic rings. The van der Waals surface area contributed by atoms with E-state index in [2.05, 4.69) is 27.2 Å². The Bertz CT molecular complexity index is 1270. The van der Waals surface area contributed by atoms with Crippen molar-refractivity contribution in [1.29, 1.82) is 0 Å². The standard InChI is InChI=1S/C30H37ClFN5O.2ClH/c31-25-4-1-3-24-22(25)7-10-29(24)11-8-23-26(14-29)34-28(35-27(23)36-16-20-5-6-21(17-36)33-20)38-18-30-9-2-12-37(30)15-19(32)13-30;;/h1,3-4,19-21,33H,2,5-18H2;2*1H/t19-,20-,21+,29-,30+;;/m1../s1. The number of aromatic nitrogens is 2. The lowest BCUT2D eigenvalue weighted by Crippen LogP contribution is -2.52. The first-order valence-corrected chi connectivity index (χ1v) is 15.1. The highest BCUT2D eigenvalue weighted by Gasteiger charge is 2.50. The van der Waals surface area contributed by atoms with Crippen molar-refractivity contribution in [2.45, 2.75) is 93.4 Å². The molecule has 2 bridgehead atoms. The topological polar surface area (TPSA) is 53.5 Å². The fraction of sp³-hybridized carbons (Fsp3) is 0.667. The van der Waals surface area contributed by atoms with E-state index in [1.54, 1.807) is 0 Å². The van der Waals surface area contributed by atoms with Gasteiger partial charge in [-0.05, 0) is 81.5 Å². The Balaban J connectivity index is 0.00000145. The second kappa shape index (κ2) is 10.7. The van der Waals surface area contributed by atoms with Gasteiger partial charge in [0.2, 0.25) is 0 Å². The van der Waals surface area contributed by atoms with Gasteiger partial charge in [-0.15, -0.1) is 24.8 Å². The van der Waals surface area contributed by atoms with Crippen LogP contribution in [0.3, 0.4) is 0 Å². The molecule has 6 nitrogen and oxygen atoms in total. The molecule has 40 heavy (non-hydrogen) atoms. The van der Waals surface area contributed by atoms with Crippen molar-refractivity contribution in [2.75, 3.05) is 37.7 Å². The molecule has 0 unspecified atom stereocenters. The monoisotopic (exact) mass is 609 g/mol. The van der Waals surface area contributed by atoms with Crippen molar-refractivity contribution >= 4 is 42.2 Å². The van der Waals surface area contributed by atoms with Gasteiger partial charge in [0.15, 0.2) is 0 Å². The number of hydrogen-bond acceptors (Lipinski definition) is 6. The van der Waals surface area contributed by atoms with Crippen LogP contribution in [0.15, 0.2) is 18.2 Å². The number of benzene rings is 1. The van der Waals surface area contributed by atoms with E-state index in [-0.39, 0.29) is 35.8 Å². The molecule has 0 radical (unpaired) electrons. The summed E-state index contributed by atoms with van der Waals surface area (Å²) in [4.78, 5) is 15.0. The lowest BCUT2D eigenvalue weighted by molar-refractivity contribution is 0.107. The van der Waals surface area contributed by atoms with Crippen LogP contribution in [0.1, 0.15) is 67.3 Å². The SMILES string of the molecule is Cl.Cl.F[C@H]1CN2CCC[C@@]2(COc2nc3c(c(N4C[C@H]5CC[C@@H](C4)N5)n2)CC[C@]2(CCc4c(Cl)cccc42)C3)C1. The number of piperazine rings is 1. The number of ether oxygens (including phenoxy) is 1. The number of fused-ring (bicyclic) bond motifs is 6. The molecule has 218 valence electrons. The molecule has 4 saturated heterocycles. The fourth-order valence-electron chi connectivity index (χ4n) is 8.87. The number of alkyl halides is 1. The molecule has 1 spiro atoms. The maximum Gasteiger partial charge on any atom is 0.318 e. The zero-order valence-electron chi connectivity index (χ0n) is 22.8. The van der Waals surface area contributed by atoms with Crippen molar-refractivity contribution in [3.05, 3.63) is 45.6 Å². The average molecular weight is 611 g/mol. The van der Waals surface area contributed by atoms with Crippen molar-refractivity contribution < 1.29 is 9.13 Å². The maximum absolute atomic E-state index is 14.4. The van der Waals surface area contributed by atoms with Crippen LogP contribution in [0.2, 0.25) is 5.02 Å². The minimum atomic E-state index is -0.760.